The Hall–Kier alpha value is -4.66. The summed E-state index contributed by atoms with van der Waals surface area (Å²) in [7, 11) is 0. The molecule has 1 amide bonds. The van der Waals surface area contributed by atoms with Crippen molar-refractivity contribution in [2.75, 3.05) is 38.1 Å². The number of carbonyl (C=O) groups excluding carboxylic acids is 1. The average molecular weight is 596 g/mol. The largest absolute Gasteiger partial charge is 0.491 e. The predicted molar refractivity (Wildman–Crippen MR) is 168 cm³/mol. The standard InChI is InChI=1S/C33H37N7O4/c1-20-4-5-29(21(2)14-20)44-19-24(41)17-36-26-6-10-35-32(42)30(26)31-37-27-15-22-18-40(33(43)25(22)16-28(27)38-31)23-7-12-39(13-8-23)11-3-9-34/h4-6,10,14-16,23-24,41H,3,7-8,11-13,17-19H2,1-2H3,(H,37,38)(H2,35,36,42). The number of aliphatic hydroxyl groups is 1. The number of amides is 1. The number of anilines is 1. The molecule has 1 atom stereocenters. The molecule has 1 saturated heterocycles. The number of hydrogen-bond donors (Lipinski definition) is 4. The van der Waals surface area contributed by atoms with Crippen LogP contribution < -0.4 is 15.6 Å². The highest BCUT2D eigenvalue weighted by atomic mass is 16.5. The Labute approximate surface area is 255 Å². The fourth-order valence-electron chi connectivity index (χ4n) is 6.21. The molecule has 2 aromatic carbocycles. The third-order valence-corrected chi connectivity index (χ3v) is 8.56. The van der Waals surface area contributed by atoms with Crippen LogP contribution in [0.25, 0.3) is 22.4 Å². The van der Waals surface area contributed by atoms with Gasteiger partial charge in [-0.3, -0.25) is 9.59 Å². The number of aliphatic hydroxyl groups excluding tert-OH is 1. The highest BCUT2D eigenvalue weighted by Crippen LogP contribution is 2.33. The van der Waals surface area contributed by atoms with E-state index in [1.165, 1.54) is 0 Å². The first kappa shape index (κ1) is 29.4. The Morgan fingerprint density at radius 3 is 2.77 bits per heavy atom. The van der Waals surface area contributed by atoms with Gasteiger partial charge in [0.1, 0.15) is 29.8 Å². The number of nitrogens with zero attached hydrogens (tertiary/aromatic N) is 4. The van der Waals surface area contributed by atoms with Gasteiger partial charge in [0.15, 0.2) is 0 Å². The fourth-order valence-corrected chi connectivity index (χ4v) is 6.21. The summed E-state index contributed by atoms with van der Waals surface area (Å²) in [5.41, 5.74) is 5.60. The van der Waals surface area contributed by atoms with E-state index in [-0.39, 0.29) is 30.7 Å². The minimum atomic E-state index is -0.819. The summed E-state index contributed by atoms with van der Waals surface area (Å²) >= 11 is 0. The molecule has 0 bridgehead atoms. The first-order valence-corrected chi connectivity index (χ1v) is 15.1. The Kier molecular flexibility index (Phi) is 8.37. The van der Waals surface area contributed by atoms with Crippen LogP contribution in [0, 0.1) is 25.2 Å². The lowest BCUT2D eigenvalue weighted by atomic mass is 10.0. The van der Waals surface area contributed by atoms with Crippen LogP contribution in [0.4, 0.5) is 5.69 Å². The molecule has 4 N–H and O–H groups in total. The van der Waals surface area contributed by atoms with Crippen molar-refractivity contribution in [1.29, 1.82) is 5.26 Å². The number of aryl methyl sites for hydroxylation is 2. The fraction of sp³-hybridized carbons (Fsp3) is 0.394. The van der Waals surface area contributed by atoms with Gasteiger partial charge in [0.25, 0.3) is 11.5 Å². The van der Waals surface area contributed by atoms with Crippen LogP contribution in [0.5, 0.6) is 5.75 Å². The second-order valence-corrected chi connectivity index (χ2v) is 11.7. The molecule has 1 fully saturated rings. The van der Waals surface area contributed by atoms with E-state index in [9.17, 15) is 14.7 Å². The number of fused-ring (bicyclic) bond motifs is 2. The van der Waals surface area contributed by atoms with Crippen LogP contribution in [0.3, 0.4) is 0 Å². The van der Waals surface area contributed by atoms with E-state index in [1.807, 2.05) is 49.1 Å². The van der Waals surface area contributed by atoms with Crippen molar-refractivity contribution in [1.82, 2.24) is 24.8 Å². The summed E-state index contributed by atoms with van der Waals surface area (Å²) in [6.45, 7) is 7.33. The first-order valence-electron chi connectivity index (χ1n) is 15.1. The summed E-state index contributed by atoms with van der Waals surface area (Å²) in [5.74, 6) is 1.11. The molecular weight excluding hydrogens is 558 g/mol. The molecule has 228 valence electrons. The van der Waals surface area contributed by atoms with Gasteiger partial charge in [-0.05, 0) is 62.1 Å². The molecule has 0 aliphatic carbocycles. The van der Waals surface area contributed by atoms with Crippen LogP contribution in [0.15, 0.2) is 47.4 Å². The average Bonchev–Trinajstić information content (AvgIpc) is 3.57. The highest BCUT2D eigenvalue weighted by molar-refractivity contribution is 6.02. The van der Waals surface area contributed by atoms with Crippen molar-refractivity contribution >= 4 is 22.6 Å². The Morgan fingerprint density at radius 1 is 1.18 bits per heavy atom. The lowest BCUT2D eigenvalue weighted by molar-refractivity contribution is 0.0599. The molecule has 0 radical (unpaired) electrons. The number of aromatic amines is 2. The molecule has 0 saturated carbocycles. The molecule has 1 unspecified atom stereocenters. The van der Waals surface area contributed by atoms with Gasteiger partial charge < -0.3 is 34.9 Å². The number of piperidine rings is 1. The van der Waals surface area contributed by atoms with E-state index in [1.54, 1.807) is 12.3 Å². The quantitative estimate of drug-likeness (QED) is 0.217. The number of ether oxygens (including phenoxy) is 1. The van der Waals surface area contributed by atoms with Gasteiger partial charge in [-0.1, -0.05) is 17.7 Å². The number of nitrogens with one attached hydrogen (secondary N) is 3. The summed E-state index contributed by atoms with van der Waals surface area (Å²) in [6, 6.07) is 13.8. The van der Waals surface area contributed by atoms with E-state index in [2.05, 4.69) is 26.3 Å². The van der Waals surface area contributed by atoms with Gasteiger partial charge in [0.2, 0.25) is 0 Å². The first-order chi connectivity index (χ1) is 21.3. The normalized spacial score (nSPS) is 16.2. The number of carbonyl (C=O) groups is 1. The Balaban J connectivity index is 1.14. The monoisotopic (exact) mass is 595 g/mol. The van der Waals surface area contributed by atoms with Crippen molar-refractivity contribution in [2.24, 2.45) is 0 Å². The van der Waals surface area contributed by atoms with Gasteiger partial charge in [-0.25, -0.2) is 4.98 Å². The Bertz CT molecular complexity index is 1780. The minimum absolute atomic E-state index is 0.0128. The number of hydrogen-bond acceptors (Lipinski definition) is 8. The summed E-state index contributed by atoms with van der Waals surface area (Å²) in [5, 5.41) is 22.6. The third kappa shape index (κ3) is 6.04. The molecule has 44 heavy (non-hydrogen) atoms. The molecule has 4 heterocycles. The number of H-pyrrole nitrogens is 2. The predicted octanol–water partition coefficient (Wildman–Crippen LogP) is 3.72. The zero-order valence-electron chi connectivity index (χ0n) is 25.0. The molecule has 2 aliphatic heterocycles. The van der Waals surface area contributed by atoms with E-state index in [0.29, 0.717) is 41.1 Å². The highest BCUT2D eigenvalue weighted by Gasteiger charge is 2.35. The maximum absolute atomic E-state index is 13.4. The van der Waals surface area contributed by atoms with Gasteiger partial charge in [0, 0.05) is 56.9 Å². The number of rotatable bonds is 10. The van der Waals surface area contributed by atoms with Gasteiger partial charge in [-0.15, -0.1) is 0 Å². The van der Waals surface area contributed by atoms with Crippen molar-refractivity contribution in [3.63, 3.8) is 0 Å². The maximum atomic E-state index is 13.4. The topological polar surface area (TPSA) is 150 Å². The minimum Gasteiger partial charge on any atom is -0.491 e. The van der Waals surface area contributed by atoms with Crippen LogP contribution in [0.1, 0.15) is 46.3 Å². The smallest absolute Gasteiger partial charge is 0.261 e. The molecule has 11 heteroatoms. The summed E-state index contributed by atoms with van der Waals surface area (Å²) < 4.78 is 5.81. The second kappa shape index (κ2) is 12.5. The molecule has 2 aromatic heterocycles. The number of aromatic nitrogens is 3. The van der Waals surface area contributed by atoms with Gasteiger partial charge in [0.05, 0.1) is 22.8 Å². The van der Waals surface area contributed by atoms with Crippen molar-refractivity contribution < 1.29 is 14.6 Å². The number of pyridine rings is 1. The zero-order chi connectivity index (χ0) is 30.8. The molecule has 0 spiro atoms. The summed E-state index contributed by atoms with van der Waals surface area (Å²) in [6.07, 6.45) is 3.04. The van der Waals surface area contributed by atoms with Crippen LogP contribution in [-0.4, -0.2) is 80.7 Å². The number of imidazole rings is 1. The van der Waals surface area contributed by atoms with Gasteiger partial charge in [-0.2, -0.15) is 5.26 Å². The van der Waals surface area contributed by atoms with Crippen molar-refractivity contribution in [2.45, 2.75) is 51.8 Å². The molecule has 2 aliphatic rings. The van der Waals surface area contributed by atoms with Crippen LogP contribution in [0.2, 0.25) is 0 Å². The SMILES string of the molecule is Cc1ccc(OCC(O)CNc2cc[nH]c(=O)c2-c2nc3cc4c(cc3[nH]2)CN(C2CCN(CCC#N)CC2)C4=O)c(C)c1. The maximum Gasteiger partial charge on any atom is 0.261 e. The van der Waals surface area contributed by atoms with Crippen LogP contribution >= 0.6 is 0 Å². The Morgan fingerprint density at radius 2 is 2.00 bits per heavy atom. The van der Waals surface area contributed by atoms with E-state index in [0.717, 1.165) is 60.4 Å². The number of likely N-dealkylation sites (tertiary alicyclic amines) is 1. The number of nitriles is 1. The lowest BCUT2D eigenvalue weighted by Crippen LogP contribution is -2.45. The third-order valence-electron chi connectivity index (χ3n) is 8.56. The molecular formula is C33H37N7O4. The zero-order valence-corrected chi connectivity index (χ0v) is 25.0. The van der Waals surface area contributed by atoms with Crippen molar-refractivity contribution in [3.8, 4) is 23.2 Å². The summed E-state index contributed by atoms with van der Waals surface area (Å²) in [4.78, 5) is 41.4. The van der Waals surface area contributed by atoms with Crippen LogP contribution in [-0.2, 0) is 6.54 Å². The van der Waals surface area contributed by atoms with Gasteiger partial charge >= 0.3 is 0 Å². The van der Waals surface area contributed by atoms with E-state index < -0.39 is 6.10 Å². The molecule has 11 nitrogen and oxygen atoms in total. The van der Waals surface area contributed by atoms with Crippen molar-refractivity contribution in [3.05, 3.63) is 75.2 Å². The number of benzene rings is 2. The van der Waals surface area contributed by atoms with E-state index >= 15 is 0 Å². The lowest BCUT2D eigenvalue weighted by Gasteiger charge is -2.36. The molecule has 6 rings (SSSR count). The molecule has 4 aromatic rings. The second-order valence-electron chi connectivity index (χ2n) is 11.7. The van der Waals surface area contributed by atoms with E-state index in [4.69, 9.17) is 15.0 Å².